The third-order valence-electron chi connectivity index (χ3n) is 5.06. The van der Waals surface area contributed by atoms with E-state index in [-0.39, 0.29) is 5.92 Å². The lowest BCUT2D eigenvalue weighted by Crippen LogP contribution is -2.48. The second-order valence-electron chi connectivity index (χ2n) is 6.56. The molecule has 2 saturated carbocycles. The molecular formula is C14H21F3O6S. The fourth-order valence-corrected chi connectivity index (χ4v) is 3.92. The maximum absolute atomic E-state index is 13.3. The highest BCUT2D eigenvalue weighted by molar-refractivity contribution is 7.86. The highest BCUT2D eigenvalue weighted by Gasteiger charge is 2.53. The Morgan fingerprint density at radius 1 is 1.29 bits per heavy atom. The van der Waals surface area contributed by atoms with Crippen LogP contribution in [0.25, 0.3) is 0 Å². The van der Waals surface area contributed by atoms with E-state index in [1.807, 2.05) is 0 Å². The third-order valence-corrected chi connectivity index (χ3v) is 6.00. The molecule has 0 saturated heterocycles. The number of alkyl halides is 3. The highest BCUT2D eigenvalue weighted by Crippen LogP contribution is 2.49. The van der Waals surface area contributed by atoms with Crippen molar-refractivity contribution in [2.45, 2.75) is 62.0 Å². The summed E-state index contributed by atoms with van der Waals surface area (Å²) in [4.78, 5) is 12.0. The van der Waals surface area contributed by atoms with E-state index < -0.39 is 52.1 Å². The van der Waals surface area contributed by atoms with E-state index in [1.165, 1.54) is 0 Å². The van der Waals surface area contributed by atoms with Gasteiger partial charge in [-0.3, -0.25) is 9.35 Å². The predicted molar refractivity (Wildman–Crippen MR) is 76.6 cm³/mol. The second-order valence-corrected chi connectivity index (χ2v) is 8.06. The highest BCUT2D eigenvalue weighted by atomic mass is 32.2. The van der Waals surface area contributed by atoms with Crippen LogP contribution >= 0.6 is 0 Å². The Hall–Kier alpha value is -0.870. The number of carbonyl (C=O) groups excluding carboxylic acids is 1. The normalized spacial score (nSPS) is 28.2. The van der Waals surface area contributed by atoms with Crippen molar-refractivity contribution in [1.29, 1.82) is 0 Å². The smallest absolute Gasteiger partial charge is 0.400 e. The summed E-state index contributed by atoms with van der Waals surface area (Å²) in [6, 6.07) is 0. The Balaban J connectivity index is 1.82. The van der Waals surface area contributed by atoms with Crippen LogP contribution in [-0.4, -0.2) is 47.7 Å². The Morgan fingerprint density at radius 3 is 2.33 bits per heavy atom. The Bertz CT molecular complexity index is 573. The molecule has 24 heavy (non-hydrogen) atoms. The maximum Gasteiger partial charge on any atom is 0.400 e. The first-order valence-electron chi connectivity index (χ1n) is 7.87. The molecule has 10 heteroatoms. The van der Waals surface area contributed by atoms with Crippen LogP contribution in [0.2, 0.25) is 0 Å². The number of hydrogen-bond donors (Lipinski definition) is 2. The van der Waals surface area contributed by atoms with E-state index >= 15 is 0 Å². The summed E-state index contributed by atoms with van der Waals surface area (Å²) in [7, 11) is -5.87. The van der Waals surface area contributed by atoms with Gasteiger partial charge in [0.25, 0.3) is 0 Å². The molecule has 0 aromatic rings. The van der Waals surface area contributed by atoms with Gasteiger partial charge in [0.05, 0.1) is 18.1 Å². The molecule has 0 heterocycles. The van der Waals surface area contributed by atoms with Gasteiger partial charge in [-0.1, -0.05) is 12.8 Å². The molecule has 0 bridgehead atoms. The molecule has 0 aliphatic heterocycles. The Kier molecular flexibility index (Phi) is 5.51. The summed E-state index contributed by atoms with van der Waals surface area (Å²) < 4.78 is 73.2. The zero-order valence-corrected chi connectivity index (χ0v) is 13.8. The summed E-state index contributed by atoms with van der Waals surface area (Å²) in [5, 5.41) is 5.53. The number of halogens is 3. The Labute approximate surface area is 138 Å². The van der Waals surface area contributed by atoms with Crippen molar-refractivity contribution in [2.75, 3.05) is 6.61 Å². The third kappa shape index (κ3) is 3.70. The number of rotatable bonds is 7. The van der Waals surface area contributed by atoms with Crippen molar-refractivity contribution in [2.24, 2.45) is 11.8 Å². The van der Waals surface area contributed by atoms with E-state index in [1.54, 1.807) is 0 Å². The fraction of sp³-hybridized carbons (Fsp3) is 0.929. The molecule has 2 rings (SSSR count). The largest absolute Gasteiger partial charge is 0.465 e. The standard InChI is InChI=1S/C14H21F3O6S/c15-11(14(16,17)24(20,21)22)5-8-23-12(18)9-3-4-10(9)13(19)6-1-2-7-13/h9-11,19H,1-8H2,(H,20,21,22). The first-order valence-corrected chi connectivity index (χ1v) is 9.31. The molecular weight excluding hydrogens is 353 g/mol. The van der Waals surface area contributed by atoms with Crippen LogP contribution in [0.5, 0.6) is 0 Å². The van der Waals surface area contributed by atoms with Crippen molar-refractivity contribution < 1.29 is 40.8 Å². The van der Waals surface area contributed by atoms with Gasteiger partial charge in [0.2, 0.25) is 0 Å². The lowest BCUT2D eigenvalue weighted by atomic mass is 9.64. The molecule has 3 atom stereocenters. The van der Waals surface area contributed by atoms with Gasteiger partial charge < -0.3 is 9.84 Å². The summed E-state index contributed by atoms with van der Waals surface area (Å²) in [5.41, 5.74) is -0.900. The van der Waals surface area contributed by atoms with E-state index in [2.05, 4.69) is 0 Å². The second kappa shape index (κ2) is 6.80. The minimum atomic E-state index is -5.87. The molecule has 140 valence electrons. The van der Waals surface area contributed by atoms with Crippen LogP contribution in [0.1, 0.15) is 44.9 Å². The molecule has 2 aliphatic carbocycles. The zero-order chi connectivity index (χ0) is 18.2. The van der Waals surface area contributed by atoms with E-state index in [9.17, 15) is 31.5 Å². The fourth-order valence-electron chi connectivity index (χ4n) is 3.48. The van der Waals surface area contributed by atoms with Crippen LogP contribution in [0.4, 0.5) is 13.2 Å². The molecule has 0 amide bonds. The summed E-state index contributed by atoms with van der Waals surface area (Å²) >= 11 is 0. The molecule has 2 N–H and O–H groups in total. The minimum absolute atomic E-state index is 0.243. The van der Waals surface area contributed by atoms with Crippen LogP contribution in [0.15, 0.2) is 0 Å². The molecule has 0 spiro atoms. The quantitative estimate of drug-likeness (QED) is 0.523. The van der Waals surface area contributed by atoms with Gasteiger partial charge >= 0.3 is 21.3 Å². The number of hydrogen-bond acceptors (Lipinski definition) is 5. The van der Waals surface area contributed by atoms with E-state index in [4.69, 9.17) is 9.29 Å². The van der Waals surface area contributed by atoms with Crippen LogP contribution in [0, 0.1) is 11.8 Å². The van der Waals surface area contributed by atoms with Gasteiger partial charge in [0, 0.05) is 12.3 Å². The summed E-state index contributed by atoms with van der Waals surface area (Å²) in [6.45, 7) is -0.729. The van der Waals surface area contributed by atoms with E-state index in [0.29, 0.717) is 25.7 Å². The van der Waals surface area contributed by atoms with Gasteiger partial charge in [0.15, 0.2) is 6.17 Å². The maximum atomic E-state index is 13.3. The average molecular weight is 374 g/mol. The van der Waals surface area contributed by atoms with Crippen molar-refractivity contribution >= 4 is 16.1 Å². The van der Waals surface area contributed by atoms with Crippen molar-refractivity contribution in [1.82, 2.24) is 0 Å². The molecule has 0 radical (unpaired) electrons. The van der Waals surface area contributed by atoms with Gasteiger partial charge in [-0.25, -0.2) is 4.39 Å². The average Bonchev–Trinajstić information content (AvgIpc) is 2.82. The summed E-state index contributed by atoms with van der Waals surface area (Å²) in [5.74, 6) is -1.49. The monoisotopic (exact) mass is 374 g/mol. The lowest BCUT2D eigenvalue weighted by Gasteiger charge is -2.44. The van der Waals surface area contributed by atoms with Gasteiger partial charge in [-0.2, -0.15) is 17.2 Å². The zero-order valence-electron chi connectivity index (χ0n) is 13.0. The minimum Gasteiger partial charge on any atom is -0.465 e. The summed E-state index contributed by atoms with van der Waals surface area (Å²) in [6.07, 6.45) is -0.0962. The SMILES string of the molecule is O=C(OCCC(F)C(F)(F)S(=O)(=O)O)C1CCC1C1(O)CCCC1. The Morgan fingerprint density at radius 2 is 1.88 bits per heavy atom. The molecule has 6 nitrogen and oxygen atoms in total. The van der Waals surface area contributed by atoms with Crippen LogP contribution < -0.4 is 0 Å². The number of esters is 1. The van der Waals surface area contributed by atoms with Crippen LogP contribution in [0.3, 0.4) is 0 Å². The van der Waals surface area contributed by atoms with Crippen molar-refractivity contribution in [3.05, 3.63) is 0 Å². The van der Waals surface area contributed by atoms with Crippen molar-refractivity contribution in [3.8, 4) is 0 Å². The van der Waals surface area contributed by atoms with Crippen LogP contribution in [-0.2, 0) is 19.6 Å². The molecule has 2 aliphatic rings. The first-order chi connectivity index (χ1) is 11.0. The van der Waals surface area contributed by atoms with Gasteiger partial charge in [-0.05, 0) is 25.7 Å². The molecule has 0 aromatic heterocycles. The van der Waals surface area contributed by atoms with Gasteiger partial charge in [0.1, 0.15) is 0 Å². The first kappa shape index (κ1) is 19.5. The predicted octanol–water partition coefficient (Wildman–Crippen LogP) is 2.07. The number of aliphatic hydroxyl groups is 1. The molecule has 3 unspecified atom stereocenters. The lowest BCUT2D eigenvalue weighted by molar-refractivity contribution is -0.165. The topological polar surface area (TPSA) is 101 Å². The van der Waals surface area contributed by atoms with Crippen molar-refractivity contribution in [3.63, 3.8) is 0 Å². The number of ether oxygens (including phenoxy) is 1. The molecule has 2 fully saturated rings. The van der Waals surface area contributed by atoms with Gasteiger partial charge in [-0.15, -0.1) is 0 Å². The molecule has 0 aromatic carbocycles. The number of carbonyl (C=O) groups is 1. The van der Waals surface area contributed by atoms with E-state index in [0.717, 1.165) is 12.8 Å².